The fraction of sp³-hybridized carbons (Fsp3) is 0.333. The van der Waals surface area contributed by atoms with Gasteiger partial charge in [0, 0.05) is 6.20 Å². The van der Waals surface area contributed by atoms with Crippen LogP contribution in [0.15, 0.2) is 17.2 Å². The van der Waals surface area contributed by atoms with E-state index in [-0.39, 0.29) is 13.2 Å². The van der Waals surface area contributed by atoms with Crippen LogP contribution >= 0.6 is 0 Å². The molecule has 0 unspecified atom stereocenters. The van der Waals surface area contributed by atoms with Crippen molar-refractivity contribution >= 4 is 0 Å². The van der Waals surface area contributed by atoms with Crippen molar-refractivity contribution in [3.8, 4) is 0 Å². The lowest BCUT2D eigenvalue weighted by Gasteiger charge is -1.99. The lowest BCUT2D eigenvalue weighted by atomic mass is 10.6. The topological polar surface area (TPSA) is 55.1 Å². The van der Waals surface area contributed by atoms with Crippen molar-refractivity contribution in [2.45, 2.75) is 6.54 Å². The molecule has 0 radical (unpaired) electrons. The fourth-order valence-electron chi connectivity index (χ4n) is 0.696. The van der Waals surface area contributed by atoms with E-state index in [1.807, 2.05) is 0 Å². The van der Waals surface area contributed by atoms with Crippen LogP contribution in [0.25, 0.3) is 0 Å². The Morgan fingerprint density at radius 1 is 1.73 bits per heavy atom. The van der Waals surface area contributed by atoms with Crippen LogP contribution in [-0.2, 0) is 6.54 Å². The third-order valence-corrected chi connectivity index (χ3v) is 1.16. The highest BCUT2D eigenvalue weighted by Crippen LogP contribution is 1.88. The van der Waals surface area contributed by atoms with Gasteiger partial charge in [-0.25, -0.2) is 9.18 Å². The van der Waals surface area contributed by atoms with E-state index in [1.54, 1.807) is 0 Å². The molecule has 11 heavy (non-hydrogen) atoms. The third kappa shape index (κ3) is 1.84. The van der Waals surface area contributed by atoms with Gasteiger partial charge in [-0.05, 0) is 0 Å². The monoisotopic (exact) mass is 158 g/mol. The van der Waals surface area contributed by atoms with Crippen molar-refractivity contribution in [2.75, 3.05) is 6.61 Å². The molecule has 1 rings (SSSR count). The first-order valence-electron chi connectivity index (χ1n) is 3.07. The maximum absolute atomic E-state index is 12.4. The molecular weight excluding hydrogens is 151 g/mol. The minimum atomic E-state index is -0.585. The van der Waals surface area contributed by atoms with Crippen LogP contribution in [-0.4, -0.2) is 21.3 Å². The highest BCUT2D eigenvalue weighted by molar-refractivity contribution is 4.85. The largest absolute Gasteiger partial charge is 0.395 e. The number of aliphatic hydroxyl groups excluding tert-OH is 1. The molecule has 1 aromatic rings. The summed E-state index contributed by atoms with van der Waals surface area (Å²) in [4.78, 5) is 14.0. The van der Waals surface area contributed by atoms with Gasteiger partial charge in [-0.15, -0.1) is 0 Å². The van der Waals surface area contributed by atoms with E-state index < -0.39 is 11.5 Å². The number of aromatic nitrogens is 2. The first-order chi connectivity index (χ1) is 5.24. The van der Waals surface area contributed by atoms with E-state index >= 15 is 0 Å². The maximum atomic E-state index is 12.4. The summed E-state index contributed by atoms with van der Waals surface area (Å²) in [6, 6.07) is 0. The van der Waals surface area contributed by atoms with Gasteiger partial charge in [0.2, 0.25) is 0 Å². The van der Waals surface area contributed by atoms with E-state index in [0.29, 0.717) is 0 Å². The second-order valence-electron chi connectivity index (χ2n) is 1.97. The number of aliphatic hydroxyl groups is 1. The molecule has 0 saturated heterocycles. The van der Waals surface area contributed by atoms with Crippen LogP contribution in [0, 0.1) is 5.82 Å². The molecule has 0 spiro atoms. The summed E-state index contributed by atoms with van der Waals surface area (Å²) in [5.74, 6) is -0.585. The minimum Gasteiger partial charge on any atom is -0.395 e. The number of rotatable bonds is 2. The number of halogens is 1. The van der Waals surface area contributed by atoms with Gasteiger partial charge in [0.15, 0.2) is 5.82 Å². The van der Waals surface area contributed by atoms with E-state index in [0.717, 1.165) is 17.0 Å². The van der Waals surface area contributed by atoms with E-state index in [4.69, 9.17) is 5.11 Å². The zero-order chi connectivity index (χ0) is 8.27. The van der Waals surface area contributed by atoms with Gasteiger partial charge in [-0.3, -0.25) is 4.57 Å². The molecule has 1 N–H and O–H groups in total. The standard InChI is InChI=1S/C6H7FN2O2/c7-5-3-8-6(11)9(4-5)1-2-10/h3-4,10H,1-2H2. The molecular formula is C6H7FN2O2. The zero-order valence-corrected chi connectivity index (χ0v) is 5.70. The molecule has 0 aliphatic heterocycles. The van der Waals surface area contributed by atoms with Gasteiger partial charge in [0.1, 0.15) is 0 Å². The summed E-state index contributed by atoms with van der Waals surface area (Å²) in [7, 11) is 0. The molecule has 0 aromatic carbocycles. The van der Waals surface area contributed by atoms with Crippen molar-refractivity contribution < 1.29 is 9.50 Å². The summed E-state index contributed by atoms with van der Waals surface area (Å²) in [5.41, 5.74) is -0.555. The molecule has 0 saturated carbocycles. The molecule has 0 atom stereocenters. The third-order valence-electron chi connectivity index (χ3n) is 1.16. The second kappa shape index (κ2) is 3.25. The average molecular weight is 158 g/mol. The highest BCUT2D eigenvalue weighted by Gasteiger charge is 1.96. The average Bonchev–Trinajstić information content (AvgIpc) is 1.98. The Bertz CT molecular complexity index is 297. The minimum absolute atomic E-state index is 0.0730. The molecule has 0 amide bonds. The Kier molecular flexibility index (Phi) is 2.32. The Morgan fingerprint density at radius 2 is 2.45 bits per heavy atom. The number of nitrogens with zero attached hydrogens (tertiary/aromatic N) is 2. The predicted octanol–water partition coefficient (Wildman–Crippen LogP) is -0.625. The molecule has 4 nitrogen and oxygen atoms in total. The number of hydrogen-bond donors (Lipinski definition) is 1. The van der Waals surface area contributed by atoms with Gasteiger partial charge in [0.05, 0.1) is 19.3 Å². The van der Waals surface area contributed by atoms with Crippen LogP contribution in [0.3, 0.4) is 0 Å². The van der Waals surface area contributed by atoms with E-state index in [2.05, 4.69) is 4.98 Å². The predicted molar refractivity (Wildman–Crippen MR) is 35.5 cm³/mol. The molecule has 60 valence electrons. The summed E-state index contributed by atoms with van der Waals surface area (Å²) >= 11 is 0. The van der Waals surface area contributed by atoms with Crippen molar-refractivity contribution in [2.24, 2.45) is 0 Å². The molecule has 0 aliphatic carbocycles. The van der Waals surface area contributed by atoms with Crippen LogP contribution in [0.1, 0.15) is 0 Å². The van der Waals surface area contributed by atoms with E-state index in [1.165, 1.54) is 0 Å². The SMILES string of the molecule is O=c1ncc(F)cn1CCO. The Labute approximate surface area is 61.9 Å². The molecule has 1 heterocycles. The van der Waals surface area contributed by atoms with Gasteiger partial charge in [0.25, 0.3) is 0 Å². The summed E-state index contributed by atoms with van der Waals surface area (Å²) in [6.45, 7) is -0.130. The van der Waals surface area contributed by atoms with Gasteiger partial charge < -0.3 is 5.11 Å². The quantitative estimate of drug-likeness (QED) is 0.623. The summed E-state index contributed by atoms with van der Waals surface area (Å²) < 4.78 is 13.4. The van der Waals surface area contributed by atoms with E-state index in [9.17, 15) is 9.18 Å². The first kappa shape index (κ1) is 7.87. The van der Waals surface area contributed by atoms with Crippen molar-refractivity contribution in [3.63, 3.8) is 0 Å². The van der Waals surface area contributed by atoms with Crippen LogP contribution in [0.5, 0.6) is 0 Å². The summed E-state index contributed by atoms with van der Waals surface area (Å²) in [5, 5.41) is 8.43. The normalized spacial score (nSPS) is 10.0. The van der Waals surface area contributed by atoms with Crippen LogP contribution < -0.4 is 5.69 Å². The van der Waals surface area contributed by atoms with Gasteiger partial charge in [-0.1, -0.05) is 0 Å². The fourth-order valence-corrected chi connectivity index (χ4v) is 0.696. The van der Waals surface area contributed by atoms with Crippen LogP contribution in [0.4, 0.5) is 4.39 Å². The van der Waals surface area contributed by atoms with Gasteiger partial charge >= 0.3 is 5.69 Å². The Morgan fingerprint density at radius 3 is 3.09 bits per heavy atom. The van der Waals surface area contributed by atoms with Crippen molar-refractivity contribution in [3.05, 3.63) is 28.7 Å². The Hall–Kier alpha value is -1.23. The zero-order valence-electron chi connectivity index (χ0n) is 5.70. The van der Waals surface area contributed by atoms with Gasteiger partial charge in [-0.2, -0.15) is 4.98 Å². The molecule has 5 heteroatoms. The highest BCUT2D eigenvalue weighted by atomic mass is 19.1. The maximum Gasteiger partial charge on any atom is 0.347 e. The summed E-state index contributed by atoms with van der Waals surface area (Å²) in [6.07, 6.45) is 1.85. The lowest BCUT2D eigenvalue weighted by molar-refractivity contribution is 0.272. The molecule has 0 fully saturated rings. The van der Waals surface area contributed by atoms with Crippen molar-refractivity contribution in [1.29, 1.82) is 0 Å². The Balaban J connectivity index is 3.03. The molecule has 0 bridgehead atoms. The number of hydrogen-bond acceptors (Lipinski definition) is 3. The first-order valence-corrected chi connectivity index (χ1v) is 3.07. The smallest absolute Gasteiger partial charge is 0.347 e. The van der Waals surface area contributed by atoms with Crippen molar-refractivity contribution in [1.82, 2.24) is 9.55 Å². The lowest BCUT2D eigenvalue weighted by Crippen LogP contribution is -2.23. The second-order valence-corrected chi connectivity index (χ2v) is 1.97. The molecule has 1 aromatic heterocycles. The van der Waals surface area contributed by atoms with Crippen LogP contribution in [0.2, 0.25) is 0 Å². The molecule has 0 aliphatic rings.